The van der Waals surface area contributed by atoms with Crippen molar-refractivity contribution < 1.29 is 9.53 Å². The molecule has 0 unspecified atom stereocenters. The third-order valence-corrected chi connectivity index (χ3v) is 2.08. The highest BCUT2D eigenvalue weighted by atomic mass is 35.5. The lowest BCUT2D eigenvalue weighted by Crippen LogP contribution is -2.22. The van der Waals surface area contributed by atoms with Crippen LogP contribution in [0.4, 0.5) is 10.5 Å². The van der Waals surface area contributed by atoms with Gasteiger partial charge >= 0.3 is 6.09 Å². The SMILES string of the molecule is CN(C)CCOC(=O)Nc1cccc(Cl)c1.Cl. The zero-order valence-corrected chi connectivity index (χ0v) is 11.3. The molecule has 0 atom stereocenters. The van der Waals surface area contributed by atoms with Gasteiger partial charge in [-0.05, 0) is 32.3 Å². The lowest BCUT2D eigenvalue weighted by Gasteiger charge is -2.10. The minimum Gasteiger partial charge on any atom is -0.448 e. The van der Waals surface area contributed by atoms with Crippen LogP contribution >= 0.6 is 24.0 Å². The number of hydrogen-bond donors (Lipinski definition) is 1. The molecule has 1 aromatic carbocycles. The van der Waals surface area contributed by atoms with E-state index in [1.165, 1.54) is 0 Å². The first-order chi connectivity index (χ1) is 7.58. The van der Waals surface area contributed by atoms with Gasteiger partial charge in [0, 0.05) is 17.3 Å². The number of benzene rings is 1. The second-order valence-electron chi connectivity index (χ2n) is 3.57. The summed E-state index contributed by atoms with van der Waals surface area (Å²) in [6, 6.07) is 6.91. The fourth-order valence-electron chi connectivity index (χ4n) is 1.04. The van der Waals surface area contributed by atoms with Crippen molar-refractivity contribution >= 4 is 35.8 Å². The Bertz CT molecular complexity index is 359. The summed E-state index contributed by atoms with van der Waals surface area (Å²) in [5.74, 6) is 0. The van der Waals surface area contributed by atoms with Crippen molar-refractivity contribution in [1.82, 2.24) is 4.90 Å². The van der Waals surface area contributed by atoms with E-state index < -0.39 is 6.09 Å². The predicted molar refractivity (Wildman–Crippen MR) is 72.2 cm³/mol. The monoisotopic (exact) mass is 278 g/mol. The van der Waals surface area contributed by atoms with Crippen LogP contribution in [0.2, 0.25) is 5.02 Å². The van der Waals surface area contributed by atoms with Gasteiger partial charge in [-0.25, -0.2) is 4.79 Å². The quantitative estimate of drug-likeness (QED) is 0.921. The van der Waals surface area contributed by atoms with E-state index in [0.717, 1.165) is 0 Å². The molecule has 6 heteroatoms. The molecule has 0 bridgehead atoms. The Morgan fingerprint density at radius 2 is 2.18 bits per heavy atom. The molecule has 0 saturated heterocycles. The van der Waals surface area contributed by atoms with Crippen LogP contribution in [0.3, 0.4) is 0 Å². The van der Waals surface area contributed by atoms with Crippen molar-refractivity contribution in [3.05, 3.63) is 29.3 Å². The zero-order chi connectivity index (χ0) is 12.0. The Morgan fingerprint density at radius 3 is 2.76 bits per heavy atom. The third kappa shape index (κ3) is 7.05. The maximum Gasteiger partial charge on any atom is 0.411 e. The number of halogens is 2. The number of hydrogen-bond acceptors (Lipinski definition) is 3. The molecule has 96 valence electrons. The average Bonchev–Trinajstić information content (AvgIpc) is 2.16. The van der Waals surface area contributed by atoms with Gasteiger partial charge in [0.1, 0.15) is 6.61 Å². The molecule has 0 fully saturated rings. The molecule has 0 aromatic heterocycles. The van der Waals surface area contributed by atoms with Gasteiger partial charge in [0.05, 0.1) is 0 Å². The van der Waals surface area contributed by atoms with Gasteiger partial charge in [-0.1, -0.05) is 17.7 Å². The average molecular weight is 279 g/mol. The molecule has 0 aliphatic rings. The molecule has 0 aliphatic carbocycles. The molecule has 17 heavy (non-hydrogen) atoms. The highest BCUT2D eigenvalue weighted by Crippen LogP contribution is 2.14. The summed E-state index contributed by atoms with van der Waals surface area (Å²) >= 11 is 5.78. The molecule has 1 amide bonds. The van der Waals surface area contributed by atoms with Crippen LogP contribution in [0.15, 0.2) is 24.3 Å². The van der Waals surface area contributed by atoms with Crippen LogP contribution in [0.25, 0.3) is 0 Å². The maximum absolute atomic E-state index is 11.3. The maximum atomic E-state index is 11.3. The summed E-state index contributed by atoms with van der Waals surface area (Å²) in [7, 11) is 3.83. The van der Waals surface area contributed by atoms with E-state index in [2.05, 4.69) is 5.32 Å². The third-order valence-electron chi connectivity index (χ3n) is 1.84. The number of carbonyl (C=O) groups excluding carboxylic acids is 1. The first-order valence-corrected chi connectivity index (χ1v) is 5.30. The topological polar surface area (TPSA) is 41.6 Å². The van der Waals surface area contributed by atoms with E-state index in [1.54, 1.807) is 24.3 Å². The Hall–Kier alpha value is -0.970. The molecule has 1 aromatic rings. The zero-order valence-electron chi connectivity index (χ0n) is 9.77. The van der Waals surface area contributed by atoms with Crippen LogP contribution in [-0.2, 0) is 4.74 Å². The number of likely N-dealkylation sites (N-methyl/N-ethyl adjacent to an activating group) is 1. The van der Waals surface area contributed by atoms with E-state index in [-0.39, 0.29) is 12.4 Å². The Labute approximate surface area is 112 Å². The van der Waals surface area contributed by atoms with Gasteiger partial charge in [-0.3, -0.25) is 5.32 Å². The molecule has 0 saturated carbocycles. The van der Waals surface area contributed by atoms with Crippen molar-refractivity contribution in [1.29, 1.82) is 0 Å². The van der Waals surface area contributed by atoms with Gasteiger partial charge in [-0.15, -0.1) is 12.4 Å². The predicted octanol–water partition coefficient (Wildman–Crippen LogP) is 2.87. The van der Waals surface area contributed by atoms with E-state index >= 15 is 0 Å². The summed E-state index contributed by atoms with van der Waals surface area (Å²) in [5.41, 5.74) is 0.627. The number of nitrogens with one attached hydrogen (secondary N) is 1. The van der Waals surface area contributed by atoms with Crippen LogP contribution in [0.5, 0.6) is 0 Å². The minimum atomic E-state index is -0.468. The van der Waals surface area contributed by atoms with Gasteiger partial charge in [0.15, 0.2) is 0 Å². The summed E-state index contributed by atoms with van der Waals surface area (Å²) in [5, 5.41) is 3.17. The second-order valence-corrected chi connectivity index (χ2v) is 4.01. The molecule has 4 nitrogen and oxygen atoms in total. The van der Waals surface area contributed by atoms with E-state index in [4.69, 9.17) is 16.3 Å². The normalized spacial score (nSPS) is 9.65. The molecule has 0 spiro atoms. The van der Waals surface area contributed by atoms with E-state index in [0.29, 0.717) is 23.9 Å². The second kappa shape index (κ2) is 8.17. The Morgan fingerprint density at radius 1 is 1.47 bits per heavy atom. The number of rotatable bonds is 4. The van der Waals surface area contributed by atoms with Crippen LogP contribution in [0, 0.1) is 0 Å². The fraction of sp³-hybridized carbons (Fsp3) is 0.364. The highest BCUT2D eigenvalue weighted by molar-refractivity contribution is 6.30. The van der Waals surface area contributed by atoms with Crippen LogP contribution < -0.4 is 5.32 Å². The van der Waals surface area contributed by atoms with Gasteiger partial charge in [-0.2, -0.15) is 0 Å². The number of carbonyl (C=O) groups is 1. The van der Waals surface area contributed by atoms with E-state index in [9.17, 15) is 4.79 Å². The lowest BCUT2D eigenvalue weighted by atomic mass is 10.3. The molecular weight excluding hydrogens is 263 g/mol. The fourth-order valence-corrected chi connectivity index (χ4v) is 1.23. The number of ether oxygens (including phenoxy) is 1. The van der Waals surface area contributed by atoms with Gasteiger partial charge in [0.25, 0.3) is 0 Å². The molecule has 1 rings (SSSR count). The standard InChI is InChI=1S/C11H15ClN2O2.ClH/c1-14(2)6-7-16-11(15)13-10-5-3-4-9(12)8-10;/h3-5,8H,6-7H2,1-2H3,(H,13,15);1H. The Balaban J connectivity index is 0.00000256. The first kappa shape index (κ1) is 16.0. The number of anilines is 1. The Kier molecular flexibility index (Phi) is 7.70. The van der Waals surface area contributed by atoms with Crippen molar-refractivity contribution in [2.24, 2.45) is 0 Å². The largest absolute Gasteiger partial charge is 0.448 e. The highest BCUT2D eigenvalue weighted by Gasteiger charge is 2.03. The number of amides is 1. The van der Waals surface area contributed by atoms with Crippen LogP contribution in [0.1, 0.15) is 0 Å². The molecular formula is C11H16Cl2N2O2. The van der Waals surface area contributed by atoms with Crippen molar-refractivity contribution in [2.45, 2.75) is 0 Å². The minimum absolute atomic E-state index is 0. The van der Waals surface area contributed by atoms with Crippen LogP contribution in [-0.4, -0.2) is 38.2 Å². The molecule has 0 radical (unpaired) electrons. The first-order valence-electron chi connectivity index (χ1n) is 4.92. The summed E-state index contributed by atoms with van der Waals surface area (Å²) in [4.78, 5) is 13.2. The van der Waals surface area contributed by atoms with Gasteiger partial charge < -0.3 is 9.64 Å². The van der Waals surface area contributed by atoms with Crippen molar-refractivity contribution in [3.63, 3.8) is 0 Å². The number of nitrogens with zero attached hydrogens (tertiary/aromatic N) is 1. The lowest BCUT2D eigenvalue weighted by molar-refractivity contribution is 0.151. The summed E-state index contributed by atoms with van der Waals surface area (Å²) in [6.07, 6.45) is -0.468. The van der Waals surface area contributed by atoms with E-state index in [1.807, 2.05) is 19.0 Å². The molecule has 0 heterocycles. The molecule has 0 aliphatic heterocycles. The van der Waals surface area contributed by atoms with Crippen molar-refractivity contribution in [2.75, 3.05) is 32.6 Å². The summed E-state index contributed by atoms with van der Waals surface area (Å²) in [6.45, 7) is 1.06. The summed E-state index contributed by atoms with van der Waals surface area (Å²) < 4.78 is 4.96. The molecule has 1 N–H and O–H groups in total. The smallest absolute Gasteiger partial charge is 0.411 e. The van der Waals surface area contributed by atoms with Crippen molar-refractivity contribution in [3.8, 4) is 0 Å². The van der Waals surface area contributed by atoms with Gasteiger partial charge in [0.2, 0.25) is 0 Å².